The number of thiazole rings is 1. The van der Waals surface area contributed by atoms with Crippen LogP contribution in [-0.2, 0) is 6.54 Å². The molecule has 3 rings (SSSR count). The number of hydrogen-bond donors (Lipinski definition) is 0. The first-order valence-electron chi connectivity index (χ1n) is 8.17. The van der Waals surface area contributed by atoms with Gasteiger partial charge < -0.3 is 14.0 Å². The van der Waals surface area contributed by atoms with Crippen LogP contribution in [-0.4, -0.2) is 36.7 Å². The highest BCUT2D eigenvalue weighted by Gasteiger charge is 2.15. The first-order valence-corrected chi connectivity index (χ1v) is 10.4. The van der Waals surface area contributed by atoms with E-state index in [0.29, 0.717) is 22.8 Å². The van der Waals surface area contributed by atoms with E-state index in [1.54, 1.807) is 38.1 Å². The standard InChI is InChI=1S/C19H19FN2O3S2/c1-24-15-10-14-17(11-16(15)25-2)27-19(22(14)8-9-26-3)21-18(23)12-6-4-5-7-13(12)20/h4-7,10-11H,8-9H2,1-3H3. The summed E-state index contributed by atoms with van der Waals surface area (Å²) in [7, 11) is 3.15. The highest BCUT2D eigenvalue weighted by molar-refractivity contribution is 7.98. The summed E-state index contributed by atoms with van der Waals surface area (Å²) in [6, 6.07) is 9.59. The van der Waals surface area contributed by atoms with Gasteiger partial charge in [-0.05, 0) is 18.4 Å². The minimum absolute atomic E-state index is 0.0402. The molecule has 0 aliphatic rings. The van der Waals surface area contributed by atoms with Gasteiger partial charge in [-0.1, -0.05) is 23.5 Å². The number of hydrogen-bond acceptors (Lipinski definition) is 5. The number of nitrogens with zero attached hydrogens (tertiary/aromatic N) is 2. The molecule has 3 aromatic rings. The number of halogens is 1. The molecule has 0 aliphatic heterocycles. The van der Waals surface area contributed by atoms with Gasteiger partial charge in [-0.15, -0.1) is 0 Å². The minimum atomic E-state index is -0.600. The van der Waals surface area contributed by atoms with Crippen LogP contribution < -0.4 is 14.3 Å². The number of carbonyl (C=O) groups is 1. The second kappa shape index (κ2) is 8.58. The molecule has 0 spiro atoms. The monoisotopic (exact) mass is 406 g/mol. The van der Waals surface area contributed by atoms with E-state index in [-0.39, 0.29) is 5.56 Å². The first-order chi connectivity index (χ1) is 13.1. The molecular weight excluding hydrogens is 387 g/mol. The average molecular weight is 407 g/mol. The van der Waals surface area contributed by atoms with Crippen molar-refractivity contribution in [3.05, 3.63) is 52.6 Å². The summed E-state index contributed by atoms with van der Waals surface area (Å²) in [5.74, 6) is 0.882. The number of amides is 1. The Labute approximate surface area is 164 Å². The number of carbonyl (C=O) groups excluding carboxylic acids is 1. The molecule has 1 aromatic heterocycles. The highest BCUT2D eigenvalue weighted by Crippen LogP contribution is 2.33. The molecule has 0 saturated carbocycles. The van der Waals surface area contributed by atoms with E-state index in [4.69, 9.17) is 9.47 Å². The van der Waals surface area contributed by atoms with Crippen LogP contribution >= 0.6 is 23.1 Å². The molecule has 5 nitrogen and oxygen atoms in total. The Balaban J connectivity index is 2.18. The zero-order valence-corrected chi connectivity index (χ0v) is 16.8. The summed E-state index contributed by atoms with van der Waals surface area (Å²) in [4.78, 5) is 17.2. The van der Waals surface area contributed by atoms with Crippen molar-refractivity contribution in [1.29, 1.82) is 0 Å². The summed E-state index contributed by atoms with van der Waals surface area (Å²) in [5, 5.41) is 0. The van der Waals surface area contributed by atoms with Crippen LogP contribution in [0.4, 0.5) is 4.39 Å². The van der Waals surface area contributed by atoms with E-state index < -0.39 is 11.7 Å². The lowest BCUT2D eigenvalue weighted by Gasteiger charge is -2.09. The molecular formula is C19H19FN2O3S2. The molecule has 0 saturated heterocycles. The van der Waals surface area contributed by atoms with Crippen molar-refractivity contribution in [2.45, 2.75) is 6.54 Å². The SMILES string of the molecule is COc1cc2sc(=NC(=O)c3ccccc3F)n(CCSC)c2cc1OC. The third-order valence-corrected chi connectivity index (χ3v) is 5.64. The molecule has 1 amide bonds. The second-order valence-corrected chi connectivity index (χ2v) is 7.60. The van der Waals surface area contributed by atoms with Gasteiger partial charge in [-0.3, -0.25) is 4.79 Å². The summed E-state index contributed by atoms with van der Waals surface area (Å²) < 4.78 is 27.5. The summed E-state index contributed by atoms with van der Waals surface area (Å²) in [6.45, 7) is 0.667. The number of fused-ring (bicyclic) bond motifs is 1. The molecule has 0 bridgehead atoms. The lowest BCUT2D eigenvalue weighted by atomic mass is 10.2. The molecule has 1 heterocycles. The number of ether oxygens (including phenoxy) is 2. The Morgan fingerprint density at radius 2 is 1.93 bits per heavy atom. The van der Waals surface area contributed by atoms with E-state index in [9.17, 15) is 9.18 Å². The fourth-order valence-electron chi connectivity index (χ4n) is 2.66. The van der Waals surface area contributed by atoms with E-state index in [1.165, 1.54) is 23.5 Å². The number of thioether (sulfide) groups is 1. The molecule has 0 atom stereocenters. The molecule has 27 heavy (non-hydrogen) atoms. The molecule has 8 heteroatoms. The highest BCUT2D eigenvalue weighted by atomic mass is 32.2. The van der Waals surface area contributed by atoms with Crippen molar-refractivity contribution in [1.82, 2.24) is 4.57 Å². The van der Waals surface area contributed by atoms with Crippen LogP contribution in [0.25, 0.3) is 10.2 Å². The van der Waals surface area contributed by atoms with Gasteiger partial charge in [0.15, 0.2) is 16.3 Å². The van der Waals surface area contributed by atoms with Crippen LogP contribution in [0, 0.1) is 5.82 Å². The largest absolute Gasteiger partial charge is 0.493 e. The normalized spacial score (nSPS) is 11.8. The number of benzene rings is 2. The lowest BCUT2D eigenvalue weighted by Crippen LogP contribution is -2.18. The first kappa shape index (κ1) is 19.4. The number of methoxy groups -OCH3 is 2. The van der Waals surface area contributed by atoms with Crippen molar-refractivity contribution in [3.63, 3.8) is 0 Å². The Morgan fingerprint density at radius 3 is 2.59 bits per heavy atom. The fraction of sp³-hybridized carbons (Fsp3) is 0.263. The van der Waals surface area contributed by atoms with Gasteiger partial charge in [0.1, 0.15) is 5.82 Å². The molecule has 0 unspecified atom stereocenters. The van der Waals surface area contributed by atoms with E-state index >= 15 is 0 Å². The number of aryl methyl sites for hydroxylation is 1. The topological polar surface area (TPSA) is 52.8 Å². The van der Waals surface area contributed by atoms with Crippen molar-refractivity contribution in [2.24, 2.45) is 4.99 Å². The predicted molar refractivity (Wildman–Crippen MR) is 108 cm³/mol. The average Bonchev–Trinajstić information content (AvgIpc) is 3.01. The Morgan fingerprint density at radius 1 is 1.22 bits per heavy atom. The van der Waals surface area contributed by atoms with Crippen molar-refractivity contribution < 1.29 is 18.7 Å². The molecule has 2 aromatic carbocycles. The summed E-state index contributed by atoms with van der Waals surface area (Å²) in [6.07, 6.45) is 2.01. The minimum Gasteiger partial charge on any atom is -0.493 e. The van der Waals surface area contributed by atoms with Gasteiger partial charge in [0.05, 0.1) is 30.0 Å². The van der Waals surface area contributed by atoms with Gasteiger partial charge >= 0.3 is 0 Å². The fourth-order valence-corrected chi connectivity index (χ4v) is 4.09. The van der Waals surface area contributed by atoms with Crippen molar-refractivity contribution in [3.8, 4) is 11.5 Å². The van der Waals surface area contributed by atoms with Gasteiger partial charge in [-0.2, -0.15) is 16.8 Å². The maximum atomic E-state index is 13.9. The van der Waals surface area contributed by atoms with Gasteiger partial charge in [0.2, 0.25) is 0 Å². The smallest absolute Gasteiger partial charge is 0.282 e. The Bertz CT molecular complexity index is 1040. The molecule has 0 aliphatic carbocycles. The maximum absolute atomic E-state index is 13.9. The van der Waals surface area contributed by atoms with Crippen molar-refractivity contribution in [2.75, 3.05) is 26.2 Å². The van der Waals surface area contributed by atoms with Gasteiger partial charge in [0, 0.05) is 24.4 Å². The molecule has 142 valence electrons. The van der Waals surface area contributed by atoms with Crippen LogP contribution in [0.1, 0.15) is 10.4 Å². The maximum Gasteiger partial charge on any atom is 0.282 e. The van der Waals surface area contributed by atoms with E-state index in [0.717, 1.165) is 16.0 Å². The van der Waals surface area contributed by atoms with Crippen LogP contribution in [0.3, 0.4) is 0 Å². The molecule has 0 N–H and O–H groups in total. The summed E-state index contributed by atoms with van der Waals surface area (Å²) >= 11 is 3.05. The Kier molecular flexibility index (Phi) is 6.18. The van der Waals surface area contributed by atoms with Gasteiger partial charge in [-0.25, -0.2) is 4.39 Å². The van der Waals surface area contributed by atoms with E-state index in [1.807, 2.05) is 23.0 Å². The van der Waals surface area contributed by atoms with Crippen LogP contribution in [0.15, 0.2) is 41.4 Å². The third kappa shape index (κ3) is 4.01. The van der Waals surface area contributed by atoms with Crippen LogP contribution in [0.2, 0.25) is 0 Å². The van der Waals surface area contributed by atoms with Crippen LogP contribution in [0.5, 0.6) is 11.5 Å². The number of rotatable bonds is 6. The number of aromatic nitrogens is 1. The zero-order chi connectivity index (χ0) is 19.4. The molecule has 0 radical (unpaired) electrons. The molecule has 0 fully saturated rings. The van der Waals surface area contributed by atoms with E-state index in [2.05, 4.69) is 4.99 Å². The Hall–Kier alpha value is -2.32. The zero-order valence-electron chi connectivity index (χ0n) is 15.2. The van der Waals surface area contributed by atoms with Crippen molar-refractivity contribution >= 4 is 39.2 Å². The second-order valence-electron chi connectivity index (χ2n) is 5.60. The predicted octanol–water partition coefficient (Wildman–Crippen LogP) is 3.96. The lowest BCUT2D eigenvalue weighted by molar-refractivity contribution is 0.0994. The third-order valence-electron chi connectivity index (χ3n) is 4.01. The summed E-state index contributed by atoms with van der Waals surface area (Å²) in [5.41, 5.74) is 0.855. The van der Waals surface area contributed by atoms with Gasteiger partial charge in [0.25, 0.3) is 5.91 Å². The quantitative estimate of drug-likeness (QED) is 0.622.